The molecule has 0 saturated heterocycles. The van der Waals surface area contributed by atoms with Crippen molar-refractivity contribution < 1.29 is 0 Å². The van der Waals surface area contributed by atoms with Crippen molar-refractivity contribution in [3.63, 3.8) is 0 Å². The smallest absolute Gasteiger partial charge is 0.00139 e. The second-order valence-electron chi connectivity index (χ2n) is 13.2. The summed E-state index contributed by atoms with van der Waals surface area (Å²) >= 11 is 0. The molecular weight excluding hydrogens is 601 g/mol. The average Bonchev–Trinajstić information content (AvgIpc) is 3.19. The number of rotatable bonds is 4. The highest BCUT2D eigenvalue weighted by Crippen LogP contribution is 2.49. The number of hydrogen-bond donors (Lipinski definition) is 0. The lowest BCUT2D eigenvalue weighted by atomic mass is 9.81. The van der Waals surface area contributed by atoms with E-state index in [0.717, 1.165) is 0 Å². The Kier molecular flexibility index (Phi) is 6.60. The lowest BCUT2D eigenvalue weighted by Gasteiger charge is -2.21. The van der Waals surface area contributed by atoms with Crippen LogP contribution in [-0.2, 0) is 0 Å². The van der Waals surface area contributed by atoms with Gasteiger partial charge in [0.15, 0.2) is 0 Å². The first-order valence-electron chi connectivity index (χ1n) is 17.4. The summed E-state index contributed by atoms with van der Waals surface area (Å²) in [5, 5.41) is 12.6. The molecule has 0 aliphatic carbocycles. The summed E-state index contributed by atoms with van der Waals surface area (Å²) in [5.41, 5.74) is 9.98. The highest BCUT2D eigenvalue weighted by atomic mass is 14.2. The monoisotopic (exact) mass is 632 g/mol. The summed E-state index contributed by atoms with van der Waals surface area (Å²) < 4.78 is 0. The van der Waals surface area contributed by atoms with Crippen LogP contribution in [0.1, 0.15) is 0 Å². The first kappa shape index (κ1) is 28.5. The van der Waals surface area contributed by atoms with E-state index in [4.69, 9.17) is 0 Å². The third-order valence-electron chi connectivity index (χ3n) is 10.4. The van der Waals surface area contributed by atoms with Crippen molar-refractivity contribution in [1.82, 2.24) is 0 Å². The quantitative estimate of drug-likeness (QED) is 0.169. The maximum absolute atomic E-state index is 2.33. The minimum Gasteiger partial charge on any atom is -0.0616 e. The number of benzene rings is 10. The molecule has 0 aliphatic heterocycles. The SMILES string of the molecule is c1ccc2cc(-c3ccc(-c4c5ccccc5c(-c5cccc6ccccc56)c5cccc(-c6cccc7ccccc67)c45)cc3)ccc2c1. The van der Waals surface area contributed by atoms with Gasteiger partial charge < -0.3 is 0 Å². The molecule has 232 valence electrons. The minimum absolute atomic E-state index is 1.22. The van der Waals surface area contributed by atoms with Crippen LogP contribution in [0.25, 0.3) is 98.4 Å². The van der Waals surface area contributed by atoms with Crippen LogP contribution in [0.4, 0.5) is 0 Å². The largest absolute Gasteiger partial charge is 0.0616 e. The van der Waals surface area contributed by atoms with Gasteiger partial charge in [0.25, 0.3) is 0 Å². The number of fused-ring (bicyclic) bond motifs is 5. The van der Waals surface area contributed by atoms with Crippen LogP contribution in [-0.4, -0.2) is 0 Å². The van der Waals surface area contributed by atoms with E-state index in [1.165, 1.54) is 98.4 Å². The van der Waals surface area contributed by atoms with Crippen LogP contribution in [0.15, 0.2) is 194 Å². The molecule has 10 rings (SSSR count). The first-order chi connectivity index (χ1) is 24.8. The maximum atomic E-state index is 2.33. The molecule has 0 amide bonds. The van der Waals surface area contributed by atoms with E-state index >= 15 is 0 Å². The van der Waals surface area contributed by atoms with Gasteiger partial charge in [0, 0.05) is 0 Å². The Morgan fingerprint density at radius 2 is 0.680 bits per heavy atom. The van der Waals surface area contributed by atoms with Gasteiger partial charge in [0.2, 0.25) is 0 Å². The molecule has 10 aromatic rings. The second kappa shape index (κ2) is 11.6. The summed E-state index contributed by atoms with van der Waals surface area (Å²) in [7, 11) is 0. The number of hydrogen-bond acceptors (Lipinski definition) is 0. The zero-order chi connectivity index (χ0) is 33.0. The predicted octanol–water partition coefficient (Wildman–Crippen LogP) is 14.1. The van der Waals surface area contributed by atoms with Crippen molar-refractivity contribution >= 4 is 53.9 Å². The van der Waals surface area contributed by atoms with E-state index in [1.807, 2.05) is 0 Å². The molecule has 10 aromatic carbocycles. The molecule has 0 atom stereocenters. The highest BCUT2D eigenvalue weighted by molar-refractivity contribution is 6.27. The van der Waals surface area contributed by atoms with Crippen molar-refractivity contribution in [1.29, 1.82) is 0 Å². The zero-order valence-corrected chi connectivity index (χ0v) is 27.5. The Hall–Kier alpha value is -6.50. The van der Waals surface area contributed by atoms with Gasteiger partial charge in [-0.1, -0.05) is 188 Å². The van der Waals surface area contributed by atoms with Crippen LogP contribution < -0.4 is 0 Å². The van der Waals surface area contributed by atoms with Crippen LogP contribution in [0.5, 0.6) is 0 Å². The van der Waals surface area contributed by atoms with Crippen LogP contribution >= 0.6 is 0 Å². The topological polar surface area (TPSA) is 0 Å². The molecular formula is C50H32. The maximum Gasteiger partial charge on any atom is -0.00139 e. The fourth-order valence-corrected chi connectivity index (χ4v) is 8.15. The Morgan fingerprint density at radius 3 is 1.40 bits per heavy atom. The summed E-state index contributed by atoms with van der Waals surface area (Å²) in [4.78, 5) is 0. The molecule has 0 spiro atoms. The summed E-state index contributed by atoms with van der Waals surface area (Å²) in [6, 6.07) is 71.4. The Morgan fingerprint density at radius 1 is 0.220 bits per heavy atom. The minimum atomic E-state index is 1.22. The summed E-state index contributed by atoms with van der Waals surface area (Å²) in [6.45, 7) is 0. The van der Waals surface area contributed by atoms with E-state index in [-0.39, 0.29) is 0 Å². The van der Waals surface area contributed by atoms with Crippen molar-refractivity contribution in [3.05, 3.63) is 194 Å². The molecule has 0 aliphatic rings. The Bertz CT molecular complexity index is 2900. The predicted molar refractivity (Wildman–Crippen MR) is 216 cm³/mol. The Balaban J connectivity index is 1.31. The van der Waals surface area contributed by atoms with Crippen LogP contribution in [0.2, 0.25) is 0 Å². The molecule has 50 heavy (non-hydrogen) atoms. The summed E-state index contributed by atoms with van der Waals surface area (Å²) in [5.74, 6) is 0. The van der Waals surface area contributed by atoms with Gasteiger partial charge >= 0.3 is 0 Å². The molecule has 0 fully saturated rings. The molecule has 0 aromatic heterocycles. The van der Waals surface area contributed by atoms with Gasteiger partial charge in [-0.2, -0.15) is 0 Å². The van der Waals surface area contributed by atoms with Gasteiger partial charge in [-0.3, -0.25) is 0 Å². The fourth-order valence-electron chi connectivity index (χ4n) is 8.15. The van der Waals surface area contributed by atoms with Gasteiger partial charge in [-0.05, 0) is 104 Å². The standard InChI is InChI=1S/C50H32/c1-2-15-38-32-39(31-28-33(38)12-1)34-26-29-37(30-27-34)48-45-20-7-8-21-46(45)49(43-23-10-17-36-14-4-6-19-41(36)43)47-25-11-24-44(50(47)48)42-22-9-16-35-13-3-5-18-40(35)42/h1-32H. The van der Waals surface area contributed by atoms with E-state index < -0.39 is 0 Å². The summed E-state index contributed by atoms with van der Waals surface area (Å²) in [6.07, 6.45) is 0. The molecule has 0 bridgehead atoms. The van der Waals surface area contributed by atoms with E-state index in [1.54, 1.807) is 0 Å². The van der Waals surface area contributed by atoms with Crippen molar-refractivity contribution in [3.8, 4) is 44.5 Å². The van der Waals surface area contributed by atoms with Crippen LogP contribution in [0, 0.1) is 0 Å². The molecule has 0 heterocycles. The zero-order valence-electron chi connectivity index (χ0n) is 27.5. The second-order valence-corrected chi connectivity index (χ2v) is 13.2. The third-order valence-corrected chi connectivity index (χ3v) is 10.4. The average molecular weight is 633 g/mol. The van der Waals surface area contributed by atoms with Gasteiger partial charge in [-0.15, -0.1) is 0 Å². The van der Waals surface area contributed by atoms with Gasteiger partial charge in [0.05, 0.1) is 0 Å². The lowest BCUT2D eigenvalue weighted by molar-refractivity contribution is 1.62. The first-order valence-corrected chi connectivity index (χ1v) is 17.4. The fraction of sp³-hybridized carbons (Fsp3) is 0. The molecule has 0 heteroatoms. The van der Waals surface area contributed by atoms with Crippen molar-refractivity contribution in [2.24, 2.45) is 0 Å². The normalized spacial score (nSPS) is 11.6. The Labute approximate surface area is 291 Å². The molecule has 0 radical (unpaired) electrons. The van der Waals surface area contributed by atoms with E-state index in [9.17, 15) is 0 Å². The molecule has 0 N–H and O–H groups in total. The van der Waals surface area contributed by atoms with Gasteiger partial charge in [-0.25, -0.2) is 0 Å². The molecule has 0 saturated carbocycles. The molecule has 0 nitrogen and oxygen atoms in total. The lowest BCUT2D eigenvalue weighted by Crippen LogP contribution is -1.94. The van der Waals surface area contributed by atoms with Crippen molar-refractivity contribution in [2.45, 2.75) is 0 Å². The molecule has 0 unspecified atom stereocenters. The van der Waals surface area contributed by atoms with Crippen molar-refractivity contribution in [2.75, 3.05) is 0 Å². The third kappa shape index (κ3) is 4.54. The van der Waals surface area contributed by atoms with E-state index in [2.05, 4.69) is 194 Å². The highest BCUT2D eigenvalue weighted by Gasteiger charge is 2.21. The van der Waals surface area contributed by atoms with Crippen LogP contribution in [0.3, 0.4) is 0 Å². The van der Waals surface area contributed by atoms with Gasteiger partial charge in [0.1, 0.15) is 0 Å². The van der Waals surface area contributed by atoms with E-state index in [0.29, 0.717) is 0 Å².